The highest BCUT2D eigenvalue weighted by atomic mass is 32.1. The first-order chi connectivity index (χ1) is 13.8. The van der Waals surface area contributed by atoms with Gasteiger partial charge < -0.3 is 10.2 Å². The standard InChI is InChI=1S/C21H23F2N3O2S/c1-13-3-2-4-14(9-13)19-18-16(29-12-25-18)6-8-26(19)17(27)5-7-24-20(28)15-10-21(22,23)11-15/h2-4,9,12,15,19H,5-8,10-11H2,1H3,(H,24,28)/t19-/m0/s1. The van der Waals surface area contributed by atoms with E-state index in [0.29, 0.717) is 6.54 Å². The molecule has 1 aromatic carbocycles. The normalized spacial score (nSPS) is 20.7. The second kappa shape index (κ2) is 7.82. The van der Waals surface area contributed by atoms with E-state index in [1.807, 2.05) is 35.5 Å². The predicted molar refractivity (Wildman–Crippen MR) is 106 cm³/mol. The van der Waals surface area contributed by atoms with Gasteiger partial charge in [-0.25, -0.2) is 13.8 Å². The van der Waals surface area contributed by atoms with E-state index in [1.54, 1.807) is 11.3 Å². The Morgan fingerprint density at radius 1 is 1.34 bits per heavy atom. The van der Waals surface area contributed by atoms with Crippen LogP contribution >= 0.6 is 11.3 Å². The first-order valence-corrected chi connectivity index (χ1v) is 10.7. The van der Waals surface area contributed by atoms with Gasteiger partial charge in [-0.2, -0.15) is 0 Å². The second-order valence-corrected chi connectivity index (χ2v) is 8.76. The lowest BCUT2D eigenvalue weighted by Gasteiger charge is -2.36. The molecule has 1 fully saturated rings. The molecule has 5 nitrogen and oxygen atoms in total. The van der Waals surface area contributed by atoms with Crippen LogP contribution in [0.15, 0.2) is 29.8 Å². The molecule has 29 heavy (non-hydrogen) atoms. The molecule has 1 saturated carbocycles. The predicted octanol–water partition coefficient (Wildman–Crippen LogP) is 3.48. The first kappa shape index (κ1) is 19.9. The molecule has 0 unspecified atom stereocenters. The average Bonchev–Trinajstić information content (AvgIpc) is 3.13. The quantitative estimate of drug-likeness (QED) is 0.807. The minimum atomic E-state index is -2.72. The van der Waals surface area contributed by atoms with Crippen molar-refractivity contribution >= 4 is 23.2 Å². The van der Waals surface area contributed by atoms with Crippen LogP contribution in [0.5, 0.6) is 0 Å². The lowest BCUT2D eigenvalue weighted by molar-refractivity contribution is -0.150. The zero-order valence-electron chi connectivity index (χ0n) is 16.2. The Balaban J connectivity index is 1.42. The van der Waals surface area contributed by atoms with Crippen molar-refractivity contribution in [2.45, 2.75) is 44.6 Å². The summed E-state index contributed by atoms with van der Waals surface area (Å²) in [5.74, 6) is -3.83. The van der Waals surface area contributed by atoms with Gasteiger partial charge in [0.25, 0.3) is 0 Å². The number of fused-ring (bicyclic) bond motifs is 1. The molecule has 0 saturated heterocycles. The Morgan fingerprint density at radius 3 is 2.86 bits per heavy atom. The maximum absolute atomic E-state index is 13.0. The number of nitrogens with one attached hydrogen (secondary N) is 1. The highest BCUT2D eigenvalue weighted by Crippen LogP contribution is 2.42. The van der Waals surface area contributed by atoms with Crippen LogP contribution in [-0.4, -0.2) is 40.7 Å². The highest BCUT2D eigenvalue weighted by Gasteiger charge is 2.48. The minimum Gasteiger partial charge on any atom is -0.355 e. The van der Waals surface area contributed by atoms with Crippen molar-refractivity contribution < 1.29 is 18.4 Å². The summed E-state index contributed by atoms with van der Waals surface area (Å²) in [7, 11) is 0. The first-order valence-electron chi connectivity index (χ1n) is 9.78. The fourth-order valence-corrected chi connectivity index (χ4v) is 4.85. The van der Waals surface area contributed by atoms with Crippen LogP contribution < -0.4 is 5.32 Å². The topological polar surface area (TPSA) is 62.3 Å². The third kappa shape index (κ3) is 4.17. The number of aromatic nitrogens is 1. The van der Waals surface area contributed by atoms with Gasteiger partial charge in [0.2, 0.25) is 17.7 Å². The number of thiazole rings is 1. The van der Waals surface area contributed by atoms with Gasteiger partial charge in [0, 0.05) is 49.6 Å². The molecule has 1 N–H and O–H groups in total. The smallest absolute Gasteiger partial charge is 0.249 e. The van der Waals surface area contributed by atoms with E-state index in [2.05, 4.69) is 16.4 Å². The Morgan fingerprint density at radius 2 is 2.14 bits per heavy atom. The molecule has 2 heterocycles. The SMILES string of the molecule is Cc1cccc([C@H]2c3ncsc3CCN2C(=O)CCNC(=O)C2CC(F)(F)C2)c1. The summed E-state index contributed by atoms with van der Waals surface area (Å²) >= 11 is 1.61. The Labute approximate surface area is 172 Å². The summed E-state index contributed by atoms with van der Waals surface area (Å²) in [4.78, 5) is 32.5. The number of carbonyl (C=O) groups excluding carboxylic acids is 2. The summed E-state index contributed by atoms with van der Waals surface area (Å²) in [6.07, 6.45) is 0.0933. The molecule has 2 aromatic rings. The Bertz CT molecular complexity index is 922. The molecule has 4 rings (SSSR count). The Hall–Kier alpha value is -2.35. The van der Waals surface area contributed by atoms with E-state index in [9.17, 15) is 18.4 Å². The van der Waals surface area contributed by atoms with Crippen molar-refractivity contribution in [3.63, 3.8) is 0 Å². The van der Waals surface area contributed by atoms with E-state index in [4.69, 9.17) is 0 Å². The highest BCUT2D eigenvalue weighted by molar-refractivity contribution is 7.09. The summed E-state index contributed by atoms with van der Waals surface area (Å²) in [5, 5.41) is 2.64. The number of rotatable bonds is 5. The van der Waals surface area contributed by atoms with Gasteiger partial charge in [-0.1, -0.05) is 29.8 Å². The summed E-state index contributed by atoms with van der Waals surface area (Å²) < 4.78 is 25.8. The monoisotopic (exact) mass is 419 g/mol. The molecule has 154 valence electrons. The largest absolute Gasteiger partial charge is 0.355 e. The number of alkyl halides is 2. The number of benzene rings is 1. The van der Waals surface area contributed by atoms with E-state index in [-0.39, 0.29) is 30.8 Å². The third-order valence-corrected chi connectivity index (χ3v) is 6.51. The van der Waals surface area contributed by atoms with Crippen molar-refractivity contribution in [2.75, 3.05) is 13.1 Å². The molecular formula is C21H23F2N3O2S. The van der Waals surface area contributed by atoms with E-state index in [0.717, 1.165) is 23.2 Å². The van der Waals surface area contributed by atoms with Crippen molar-refractivity contribution in [1.29, 1.82) is 0 Å². The fourth-order valence-electron chi connectivity index (χ4n) is 4.06. The van der Waals surface area contributed by atoms with Crippen molar-refractivity contribution in [3.8, 4) is 0 Å². The lowest BCUT2D eigenvalue weighted by Crippen LogP contribution is -2.46. The van der Waals surface area contributed by atoms with Crippen LogP contribution in [0.2, 0.25) is 0 Å². The van der Waals surface area contributed by atoms with Crippen LogP contribution in [0.3, 0.4) is 0 Å². The molecule has 1 aliphatic heterocycles. The molecule has 0 spiro atoms. The molecule has 2 aliphatic rings. The fraction of sp³-hybridized carbons (Fsp3) is 0.476. The van der Waals surface area contributed by atoms with Crippen molar-refractivity contribution in [3.05, 3.63) is 51.5 Å². The van der Waals surface area contributed by atoms with Crippen LogP contribution in [0.1, 0.15) is 47.0 Å². The van der Waals surface area contributed by atoms with Crippen molar-refractivity contribution in [2.24, 2.45) is 5.92 Å². The molecule has 0 bridgehead atoms. The summed E-state index contributed by atoms with van der Waals surface area (Å²) in [5.41, 5.74) is 4.87. The number of halogens is 2. The van der Waals surface area contributed by atoms with E-state index >= 15 is 0 Å². The van der Waals surface area contributed by atoms with Gasteiger partial charge >= 0.3 is 0 Å². The van der Waals surface area contributed by atoms with Gasteiger partial charge in [0.05, 0.1) is 11.2 Å². The minimum absolute atomic E-state index is 0.0746. The van der Waals surface area contributed by atoms with Gasteiger partial charge in [0.15, 0.2) is 0 Å². The van der Waals surface area contributed by atoms with E-state index < -0.39 is 24.7 Å². The van der Waals surface area contributed by atoms with Crippen molar-refractivity contribution in [1.82, 2.24) is 15.2 Å². The molecule has 8 heteroatoms. The summed E-state index contributed by atoms with van der Waals surface area (Å²) in [6.45, 7) is 2.76. The molecule has 1 aliphatic carbocycles. The van der Waals surface area contributed by atoms with Crippen LogP contribution in [-0.2, 0) is 16.0 Å². The molecular weight excluding hydrogens is 396 g/mol. The van der Waals surface area contributed by atoms with Gasteiger partial charge in [0.1, 0.15) is 6.04 Å². The molecule has 0 radical (unpaired) electrons. The number of carbonyl (C=O) groups is 2. The zero-order chi connectivity index (χ0) is 20.6. The number of hydrogen-bond donors (Lipinski definition) is 1. The number of hydrogen-bond acceptors (Lipinski definition) is 4. The maximum Gasteiger partial charge on any atom is 0.249 e. The maximum atomic E-state index is 13.0. The van der Waals surface area contributed by atoms with Gasteiger partial charge in [-0.3, -0.25) is 9.59 Å². The number of nitrogens with zero attached hydrogens (tertiary/aromatic N) is 2. The van der Waals surface area contributed by atoms with Crippen LogP contribution in [0.4, 0.5) is 8.78 Å². The summed E-state index contributed by atoms with van der Waals surface area (Å²) in [6, 6.07) is 7.82. The third-order valence-electron chi connectivity index (χ3n) is 5.60. The Kier molecular flexibility index (Phi) is 5.38. The molecule has 2 amide bonds. The average molecular weight is 419 g/mol. The zero-order valence-corrected chi connectivity index (χ0v) is 17.0. The van der Waals surface area contributed by atoms with Gasteiger partial charge in [-0.15, -0.1) is 11.3 Å². The van der Waals surface area contributed by atoms with Gasteiger partial charge in [-0.05, 0) is 12.5 Å². The molecule has 1 atom stereocenters. The number of aryl methyl sites for hydroxylation is 1. The second-order valence-electron chi connectivity index (χ2n) is 7.82. The van der Waals surface area contributed by atoms with Crippen LogP contribution in [0.25, 0.3) is 0 Å². The lowest BCUT2D eigenvalue weighted by atomic mass is 9.81. The van der Waals surface area contributed by atoms with Crippen LogP contribution in [0, 0.1) is 12.8 Å². The van der Waals surface area contributed by atoms with E-state index in [1.165, 1.54) is 4.88 Å². The molecule has 1 aromatic heterocycles. The number of amides is 2.